The number of rotatable bonds is 3. The van der Waals surface area contributed by atoms with Gasteiger partial charge in [0.1, 0.15) is 5.82 Å². The minimum atomic E-state index is -0.871. The Morgan fingerprint density at radius 2 is 1.78 bits per heavy atom. The predicted molar refractivity (Wildman–Crippen MR) is 102 cm³/mol. The molecule has 0 amide bonds. The van der Waals surface area contributed by atoms with Crippen LogP contribution in [0.3, 0.4) is 0 Å². The molecule has 0 unspecified atom stereocenters. The summed E-state index contributed by atoms with van der Waals surface area (Å²) in [6, 6.07) is 11.4. The Kier molecular flexibility index (Phi) is 4.24. The van der Waals surface area contributed by atoms with Gasteiger partial charge in [-0.05, 0) is 42.3 Å². The molecule has 0 aliphatic rings. The van der Waals surface area contributed by atoms with E-state index < -0.39 is 11.6 Å². The maximum Gasteiger partial charge on any atom is 0.166 e. The Labute approximate surface area is 154 Å². The molecule has 4 rings (SSSR count). The van der Waals surface area contributed by atoms with E-state index in [0.717, 1.165) is 22.6 Å². The van der Waals surface area contributed by atoms with E-state index in [1.807, 2.05) is 19.1 Å². The van der Waals surface area contributed by atoms with Crippen molar-refractivity contribution in [2.24, 2.45) is 0 Å². The Bertz CT molecular complexity index is 1140. The smallest absolute Gasteiger partial charge is 0.166 e. The van der Waals surface area contributed by atoms with Gasteiger partial charge in [0.25, 0.3) is 0 Å². The van der Waals surface area contributed by atoms with Crippen LogP contribution in [0.2, 0.25) is 0 Å². The molecule has 27 heavy (non-hydrogen) atoms. The van der Waals surface area contributed by atoms with Crippen molar-refractivity contribution >= 4 is 16.7 Å². The van der Waals surface area contributed by atoms with Gasteiger partial charge in [-0.2, -0.15) is 0 Å². The molecule has 0 aliphatic carbocycles. The van der Waals surface area contributed by atoms with Crippen LogP contribution in [0.4, 0.5) is 14.6 Å². The van der Waals surface area contributed by atoms with E-state index in [1.54, 1.807) is 37.6 Å². The van der Waals surface area contributed by atoms with Crippen LogP contribution >= 0.6 is 0 Å². The highest BCUT2D eigenvalue weighted by Crippen LogP contribution is 2.35. The number of benzene rings is 2. The highest BCUT2D eigenvalue weighted by molar-refractivity contribution is 5.97. The minimum absolute atomic E-state index is 0.216. The van der Waals surface area contributed by atoms with Gasteiger partial charge in [-0.1, -0.05) is 18.2 Å². The molecule has 4 nitrogen and oxygen atoms in total. The summed E-state index contributed by atoms with van der Waals surface area (Å²) in [6.07, 6.45) is 3.39. The molecule has 0 fully saturated rings. The van der Waals surface area contributed by atoms with Crippen LogP contribution in [-0.4, -0.2) is 22.0 Å². The first-order valence-electron chi connectivity index (χ1n) is 8.44. The van der Waals surface area contributed by atoms with E-state index in [9.17, 15) is 8.78 Å². The largest absolute Gasteiger partial charge is 0.373 e. The molecule has 0 bridgehead atoms. The van der Waals surface area contributed by atoms with E-state index >= 15 is 0 Å². The maximum absolute atomic E-state index is 14.3. The quantitative estimate of drug-likeness (QED) is 0.558. The van der Waals surface area contributed by atoms with Crippen LogP contribution in [0, 0.1) is 18.6 Å². The molecule has 0 spiro atoms. The lowest BCUT2D eigenvalue weighted by Crippen LogP contribution is -2.01. The molecule has 2 aromatic heterocycles. The summed E-state index contributed by atoms with van der Waals surface area (Å²) in [4.78, 5) is 13.3. The van der Waals surface area contributed by atoms with E-state index in [-0.39, 0.29) is 5.56 Å². The number of aryl methyl sites for hydroxylation is 1. The minimum Gasteiger partial charge on any atom is -0.373 e. The van der Waals surface area contributed by atoms with E-state index in [4.69, 9.17) is 0 Å². The first-order chi connectivity index (χ1) is 13.1. The molecule has 4 aromatic rings. The predicted octanol–water partition coefficient (Wildman–Crippen LogP) is 4.99. The van der Waals surface area contributed by atoms with E-state index in [2.05, 4.69) is 20.3 Å². The summed E-state index contributed by atoms with van der Waals surface area (Å²) in [6.45, 7) is 1.86. The SMILES string of the molecule is CNc1nc(-c2cccnc2)nc2ccc(-c3cccc(F)c3F)c(C)c12. The monoisotopic (exact) mass is 362 g/mol. The summed E-state index contributed by atoms with van der Waals surface area (Å²) in [5.74, 6) is -0.568. The van der Waals surface area contributed by atoms with Crippen LogP contribution < -0.4 is 5.32 Å². The fourth-order valence-electron chi connectivity index (χ4n) is 3.20. The van der Waals surface area contributed by atoms with Crippen molar-refractivity contribution in [2.45, 2.75) is 6.92 Å². The average Bonchev–Trinajstić information content (AvgIpc) is 2.70. The number of hydrogen-bond donors (Lipinski definition) is 1. The molecule has 134 valence electrons. The lowest BCUT2D eigenvalue weighted by Gasteiger charge is -2.14. The van der Waals surface area contributed by atoms with Crippen LogP contribution in [0.15, 0.2) is 54.9 Å². The molecule has 2 heterocycles. The van der Waals surface area contributed by atoms with E-state index in [1.165, 1.54) is 6.07 Å². The summed E-state index contributed by atoms with van der Waals surface area (Å²) in [5.41, 5.74) is 3.11. The Morgan fingerprint density at radius 3 is 2.52 bits per heavy atom. The normalized spacial score (nSPS) is 11.0. The second kappa shape index (κ2) is 6.72. The van der Waals surface area contributed by atoms with Crippen molar-refractivity contribution < 1.29 is 8.78 Å². The second-order valence-corrected chi connectivity index (χ2v) is 6.12. The molecule has 2 aromatic carbocycles. The van der Waals surface area contributed by atoms with Gasteiger partial charge in [-0.15, -0.1) is 0 Å². The standard InChI is InChI=1S/C21H16F2N4/c1-12-14(15-6-3-7-16(22)19(15)23)8-9-17-18(12)21(24-2)27-20(26-17)13-5-4-10-25-11-13/h3-11H,1-2H3,(H,24,26,27). The number of pyridine rings is 1. The summed E-state index contributed by atoms with van der Waals surface area (Å²) >= 11 is 0. The number of halogens is 2. The van der Waals surface area contributed by atoms with Crippen LogP contribution in [0.5, 0.6) is 0 Å². The van der Waals surface area contributed by atoms with Crippen LogP contribution in [-0.2, 0) is 0 Å². The van der Waals surface area contributed by atoms with Gasteiger partial charge >= 0.3 is 0 Å². The van der Waals surface area contributed by atoms with Gasteiger partial charge in [-0.25, -0.2) is 18.7 Å². The summed E-state index contributed by atoms with van der Waals surface area (Å²) < 4.78 is 28.0. The maximum atomic E-state index is 14.3. The fourth-order valence-corrected chi connectivity index (χ4v) is 3.20. The molecular formula is C21H16F2N4. The van der Waals surface area contributed by atoms with Crippen molar-refractivity contribution in [3.05, 3.63) is 72.1 Å². The highest BCUT2D eigenvalue weighted by Gasteiger charge is 2.17. The average molecular weight is 362 g/mol. The van der Waals surface area contributed by atoms with Gasteiger partial charge in [0.15, 0.2) is 17.5 Å². The topological polar surface area (TPSA) is 50.7 Å². The van der Waals surface area contributed by atoms with Gasteiger partial charge in [0.2, 0.25) is 0 Å². The summed E-state index contributed by atoms with van der Waals surface area (Å²) in [5, 5.41) is 3.86. The van der Waals surface area contributed by atoms with Crippen molar-refractivity contribution in [3.63, 3.8) is 0 Å². The molecule has 0 saturated heterocycles. The highest BCUT2D eigenvalue weighted by atomic mass is 19.2. The molecule has 1 N–H and O–H groups in total. The fraction of sp³-hybridized carbons (Fsp3) is 0.0952. The zero-order chi connectivity index (χ0) is 19.0. The second-order valence-electron chi connectivity index (χ2n) is 6.12. The lowest BCUT2D eigenvalue weighted by atomic mass is 9.96. The number of aromatic nitrogens is 3. The molecule has 6 heteroatoms. The van der Waals surface area contributed by atoms with Gasteiger partial charge in [-0.3, -0.25) is 4.98 Å². The number of anilines is 1. The molecule has 0 aliphatic heterocycles. The zero-order valence-electron chi connectivity index (χ0n) is 14.8. The number of hydrogen-bond acceptors (Lipinski definition) is 4. The molecular weight excluding hydrogens is 346 g/mol. The van der Waals surface area contributed by atoms with Crippen LogP contribution in [0.25, 0.3) is 33.4 Å². The Balaban J connectivity index is 1.97. The first kappa shape index (κ1) is 17.0. The third-order valence-corrected chi connectivity index (χ3v) is 4.52. The summed E-state index contributed by atoms with van der Waals surface area (Å²) in [7, 11) is 1.77. The zero-order valence-corrected chi connectivity index (χ0v) is 14.8. The van der Waals surface area contributed by atoms with Crippen molar-refractivity contribution in [1.82, 2.24) is 15.0 Å². The Morgan fingerprint density at radius 1 is 0.926 bits per heavy atom. The van der Waals surface area contributed by atoms with Gasteiger partial charge < -0.3 is 5.32 Å². The molecule has 0 atom stereocenters. The van der Waals surface area contributed by atoms with Gasteiger partial charge in [0.05, 0.1) is 5.52 Å². The third kappa shape index (κ3) is 2.89. The third-order valence-electron chi connectivity index (χ3n) is 4.52. The number of fused-ring (bicyclic) bond motifs is 1. The van der Waals surface area contributed by atoms with Gasteiger partial charge in [0, 0.05) is 36.0 Å². The Hall–Kier alpha value is -3.41. The van der Waals surface area contributed by atoms with Crippen molar-refractivity contribution in [3.8, 4) is 22.5 Å². The first-order valence-corrected chi connectivity index (χ1v) is 8.44. The van der Waals surface area contributed by atoms with E-state index in [0.29, 0.717) is 22.7 Å². The van der Waals surface area contributed by atoms with Crippen molar-refractivity contribution in [1.29, 1.82) is 0 Å². The van der Waals surface area contributed by atoms with Crippen LogP contribution in [0.1, 0.15) is 5.56 Å². The lowest BCUT2D eigenvalue weighted by molar-refractivity contribution is 0.511. The molecule has 0 radical (unpaired) electrons. The van der Waals surface area contributed by atoms with Crippen molar-refractivity contribution in [2.75, 3.05) is 12.4 Å². The molecule has 0 saturated carbocycles. The number of nitrogens with one attached hydrogen (secondary N) is 1. The number of nitrogens with zero attached hydrogens (tertiary/aromatic N) is 3.